The van der Waals surface area contributed by atoms with Gasteiger partial charge in [-0.1, -0.05) is 42.5 Å². The van der Waals surface area contributed by atoms with E-state index in [0.29, 0.717) is 19.6 Å². The summed E-state index contributed by atoms with van der Waals surface area (Å²) in [5, 5.41) is 0. The Kier molecular flexibility index (Phi) is 6.68. The van der Waals surface area contributed by atoms with Gasteiger partial charge in [-0.05, 0) is 18.4 Å². The second-order valence-corrected chi connectivity index (χ2v) is 9.28. The average molecular weight is 392 g/mol. The summed E-state index contributed by atoms with van der Waals surface area (Å²) in [6.45, 7) is 4.30. The second kappa shape index (κ2) is 8.99. The molecule has 2 aliphatic rings. The highest BCUT2D eigenvalue weighted by Crippen LogP contribution is 2.29. The minimum absolute atomic E-state index is 0.0591. The lowest BCUT2D eigenvalue weighted by Gasteiger charge is -2.34. The summed E-state index contributed by atoms with van der Waals surface area (Å²) in [6, 6.07) is 10.3. The largest absolute Gasteiger partial charge is 0.340 e. The van der Waals surface area contributed by atoms with Gasteiger partial charge in [0, 0.05) is 51.7 Å². The molecule has 2 fully saturated rings. The molecule has 1 aliphatic carbocycles. The van der Waals surface area contributed by atoms with Gasteiger partial charge in [0.2, 0.25) is 15.9 Å². The molecule has 1 aliphatic heterocycles. The van der Waals surface area contributed by atoms with Crippen LogP contribution in [-0.4, -0.2) is 80.0 Å². The number of piperazine rings is 1. The van der Waals surface area contributed by atoms with Gasteiger partial charge in [-0.2, -0.15) is 4.31 Å². The quantitative estimate of drug-likeness (QED) is 0.676. The Morgan fingerprint density at radius 2 is 1.81 bits per heavy atom. The van der Waals surface area contributed by atoms with E-state index in [2.05, 4.69) is 29.2 Å². The zero-order chi connectivity index (χ0) is 19.3. The van der Waals surface area contributed by atoms with Crippen molar-refractivity contribution in [2.45, 2.75) is 25.3 Å². The van der Waals surface area contributed by atoms with Crippen molar-refractivity contribution in [2.24, 2.45) is 0 Å². The van der Waals surface area contributed by atoms with E-state index in [1.807, 2.05) is 23.1 Å². The van der Waals surface area contributed by atoms with Crippen LogP contribution in [-0.2, 0) is 14.8 Å². The molecule has 0 bridgehead atoms. The van der Waals surface area contributed by atoms with Gasteiger partial charge in [0.25, 0.3) is 0 Å². The van der Waals surface area contributed by atoms with Gasteiger partial charge < -0.3 is 4.90 Å². The normalized spacial score (nSPS) is 19.1. The topological polar surface area (TPSA) is 60.9 Å². The molecule has 7 heteroatoms. The lowest BCUT2D eigenvalue weighted by atomic mass is 10.2. The van der Waals surface area contributed by atoms with E-state index in [1.54, 1.807) is 0 Å². The van der Waals surface area contributed by atoms with Crippen LogP contribution in [0.25, 0.3) is 6.08 Å². The summed E-state index contributed by atoms with van der Waals surface area (Å²) in [5.74, 6) is 0.0591. The predicted molar refractivity (Wildman–Crippen MR) is 108 cm³/mol. The minimum atomic E-state index is -3.22. The highest BCUT2D eigenvalue weighted by molar-refractivity contribution is 7.88. The molecule has 148 valence electrons. The zero-order valence-corrected chi connectivity index (χ0v) is 16.8. The smallest absolute Gasteiger partial charge is 0.223 e. The van der Waals surface area contributed by atoms with Crippen LogP contribution in [0.2, 0.25) is 0 Å². The summed E-state index contributed by atoms with van der Waals surface area (Å²) in [6.07, 6.45) is 7.61. The molecule has 0 spiro atoms. The highest BCUT2D eigenvalue weighted by Gasteiger charge is 2.35. The van der Waals surface area contributed by atoms with Crippen molar-refractivity contribution in [3.63, 3.8) is 0 Å². The fourth-order valence-corrected chi connectivity index (χ4v) is 4.60. The van der Waals surface area contributed by atoms with Gasteiger partial charge in [-0.15, -0.1) is 0 Å². The van der Waals surface area contributed by atoms with Gasteiger partial charge in [-0.25, -0.2) is 8.42 Å². The van der Waals surface area contributed by atoms with E-state index in [1.165, 1.54) is 16.1 Å². The SMILES string of the molecule is CS(=O)(=O)N(CCC(=O)N1CCN(C/C=C/c2ccccc2)CC1)C1CC1. The number of sulfonamides is 1. The van der Waals surface area contributed by atoms with Gasteiger partial charge in [0.15, 0.2) is 0 Å². The van der Waals surface area contributed by atoms with Crippen molar-refractivity contribution in [3.8, 4) is 0 Å². The van der Waals surface area contributed by atoms with Crippen LogP contribution >= 0.6 is 0 Å². The maximum Gasteiger partial charge on any atom is 0.223 e. The molecular formula is C20H29N3O3S. The van der Waals surface area contributed by atoms with E-state index in [-0.39, 0.29) is 18.4 Å². The second-order valence-electron chi connectivity index (χ2n) is 7.35. The number of amides is 1. The molecule has 1 aromatic rings. The Hall–Kier alpha value is -1.70. The van der Waals surface area contributed by atoms with E-state index in [9.17, 15) is 13.2 Å². The number of hydrogen-bond donors (Lipinski definition) is 0. The first-order valence-electron chi connectivity index (χ1n) is 9.62. The number of hydrogen-bond acceptors (Lipinski definition) is 4. The van der Waals surface area contributed by atoms with Crippen LogP contribution in [0.3, 0.4) is 0 Å². The Bertz CT molecular complexity index is 752. The minimum Gasteiger partial charge on any atom is -0.340 e. The van der Waals surface area contributed by atoms with Gasteiger partial charge in [0.1, 0.15) is 0 Å². The zero-order valence-electron chi connectivity index (χ0n) is 16.0. The molecular weight excluding hydrogens is 362 g/mol. The molecule has 0 radical (unpaired) electrons. The van der Waals surface area contributed by atoms with E-state index in [4.69, 9.17) is 0 Å². The van der Waals surface area contributed by atoms with Gasteiger partial charge in [-0.3, -0.25) is 9.69 Å². The van der Waals surface area contributed by atoms with Crippen molar-refractivity contribution in [1.29, 1.82) is 0 Å². The highest BCUT2D eigenvalue weighted by atomic mass is 32.2. The van der Waals surface area contributed by atoms with Crippen molar-refractivity contribution in [1.82, 2.24) is 14.1 Å². The molecule has 6 nitrogen and oxygen atoms in total. The molecule has 0 aromatic heterocycles. The monoisotopic (exact) mass is 391 g/mol. The van der Waals surface area contributed by atoms with Gasteiger partial charge in [0.05, 0.1) is 6.26 Å². The maximum absolute atomic E-state index is 12.5. The molecule has 0 atom stereocenters. The van der Waals surface area contributed by atoms with Crippen LogP contribution < -0.4 is 0 Å². The number of nitrogens with zero attached hydrogens (tertiary/aromatic N) is 3. The van der Waals surface area contributed by atoms with Crippen LogP contribution in [0, 0.1) is 0 Å². The van der Waals surface area contributed by atoms with Crippen molar-refractivity contribution in [3.05, 3.63) is 42.0 Å². The molecule has 3 rings (SSSR count). The standard InChI is InChI=1S/C20H29N3O3S/c1-27(25,26)23(19-9-10-19)13-11-20(24)22-16-14-21(15-17-22)12-5-8-18-6-3-2-4-7-18/h2-8,19H,9-17H2,1H3/b8-5+. The fourth-order valence-electron chi connectivity index (χ4n) is 3.43. The maximum atomic E-state index is 12.5. The first kappa shape index (κ1) is 20.0. The van der Waals surface area contributed by atoms with Crippen LogP contribution in [0.1, 0.15) is 24.8 Å². The van der Waals surface area contributed by atoms with E-state index in [0.717, 1.165) is 32.5 Å². The average Bonchev–Trinajstić information content (AvgIpc) is 3.47. The Labute approximate surface area is 162 Å². The van der Waals surface area contributed by atoms with Crippen molar-refractivity contribution in [2.75, 3.05) is 45.5 Å². The lowest BCUT2D eigenvalue weighted by Crippen LogP contribution is -2.49. The van der Waals surface area contributed by atoms with Crippen LogP contribution in [0.4, 0.5) is 0 Å². The molecule has 1 aromatic carbocycles. The molecule has 1 amide bonds. The molecule has 1 saturated heterocycles. The number of carbonyl (C=O) groups is 1. The van der Waals surface area contributed by atoms with Crippen LogP contribution in [0.15, 0.2) is 36.4 Å². The molecule has 27 heavy (non-hydrogen) atoms. The molecule has 1 saturated carbocycles. The molecule has 0 N–H and O–H groups in total. The number of benzene rings is 1. The first-order valence-corrected chi connectivity index (χ1v) is 11.5. The lowest BCUT2D eigenvalue weighted by molar-refractivity contribution is -0.133. The molecule has 1 heterocycles. The van der Waals surface area contributed by atoms with E-state index >= 15 is 0 Å². The predicted octanol–water partition coefficient (Wildman–Crippen LogP) is 1.66. The summed E-state index contributed by atoms with van der Waals surface area (Å²) in [4.78, 5) is 16.6. The third-order valence-electron chi connectivity index (χ3n) is 5.12. The Morgan fingerprint density at radius 1 is 1.15 bits per heavy atom. The fraction of sp³-hybridized carbons (Fsp3) is 0.550. The number of carbonyl (C=O) groups excluding carboxylic acids is 1. The summed E-state index contributed by atoms with van der Waals surface area (Å²) in [7, 11) is -3.22. The first-order chi connectivity index (χ1) is 12.9. The third kappa shape index (κ3) is 6.16. The van der Waals surface area contributed by atoms with E-state index < -0.39 is 10.0 Å². The van der Waals surface area contributed by atoms with Crippen LogP contribution in [0.5, 0.6) is 0 Å². The summed E-state index contributed by atoms with van der Waals surface area (Å²) >= 11 is 0. The van der Waals surface area contributed by atoms with Crippen molar-refractivity contribution < 1.29 is 13.2 Å². The third-order valence-corrected chi connectivity index (χ3v) is 6.46. The van der Waals surface area contributed by atoms with Gasteiger partial charge >= 0.3 is 0 Å². The summed E-state index contributed by atoms with van der Waals surface area (Å²) in [5.41, 5.74) is 1.19. The Balaban J connectivity index is 1.39. The molecule has 0 unspecified atom stereocenters. The van der Waals surface area contributed by atoms with Crippen molar-refractivity contribution >= 4 is 22.0 Å². The number of rotatable bonds is 8. The summed E-state index contributed by atoms with van der Waals surface area (Å²) < 4.78 is 25.2. The Morgan fingerprint density at radius 3 is 2.41 bits per heavy atom.